The Labute approximate surface area is 112 Å². The Bertz CT molecular complexity index is 589. The second-order valence-electron chi connectivity index (χ2n) is 4.39. The molecule has 0 aliphatic rings. The van der Waals surface area contributed by atoms with Crippen LogP contribution in [0.5, 0.6) is 0 Å². The Balaban J connectivity index is 2.17. The molecular formula is C14H18N4O. The van der Waals surface area contributed by atoms with Gasteiger partial charge >= 0.3 is 0 Å². The van der Waals surface area contributed by atoms with E-state index in [0.29, 0.717) is 12.1 Å². The molecule has 0 saturated carbocycles. The summed E-state index contributed by atoms with van der Waals surface area (Å²) in [6.45, 7) is 4.55. The number of hydrogen-bond donors (Lipinski definition) is 3. The number of H-pyrrole nitrogens is 1. The summed E-state index contributed by atoms with van der Waals surface area (Å²) in [7, 11) is 1.63. The lowest BCUT2D eigenvalue weighted by Crippen LogP contribution is -2.19. The van der Waals surface area contributed by atoms with Gasteiger partial charge in [-0.3, -0.25) is 4.79 Å². The first-order valence-electron chi connectivity index (χ1n) is 6.18. The quantitative estimate of drug-likeness (QED) is 0.785. The van der Waals surface area contributed by atoms with Crippen LogP contribution in [0.2, 0.25) is 0 Å². The van der Waals surface area contributed by atoms with E-state index >= 15 is 0 Å². The molecule has 0 bridgehead atoms. The van der Waals surface area contributed by atoms with Gasteiger partial charge in [0.05, 0.1) is 18.6 Å². The van der Waals surface area contributed by atoms with E-state index in [1.54, 1.807) is 13.4 Å². The van der Waals surface area contributed by atoms with Crippen LogP contribution in [0.3, 0.4) is 0 Å². The number of anilines is 1. The third-order valence-corrected chi connectivity index (χ3v) is 3.19. The number of nitrogens with one attached hydrogen (secondary N) is 3. The normalized spacial score (nSPS) is 10.3. The second-order valence-corrected chi connectivity index (χ2v) is 4.39. The molecule has 5 heteroatoms. The zero-order valence-corrected chi connectivity index (χ0v) is 11.4. The van der Waals surface area contributed by atoms with Crippen molar-refractivity contribution in [1.29, 1.82) is 0 Å². The number of aromatic nitrogens is 2. The third-order valence-electron chi connectivity index (χ3n) is 3.19. The highest BCUT2D eigenvalue weighted by atomic mass is 16.1. The second kappa shape index (κ2) is 5.56. The fourth-order valence-electron chi connectivity index (χ4n) is 1.95. The Morgan fingerprint density at radius 2 is 2.16 bits per heavy atom. The number of hydrogen-bond acceptors (Lipinski definition) is 3. The largest absolute Gasteiger partial charge is 0.379 e. The highest BCUT2D eigenvalue weighted by molar-refractivity contribution is 5.96. The van der Waals surface area contributed by atoms with Crippen LogP contribution in [0.15, 0.2) is 24.5 Å². The van der Waals surface area contributed by atoms with E-state index in [1.165, 1.54) is 0 Å². The maximum Gasteiger partial charge on any atom is 0.251 e. The average molecular weight is 258 g/mol. The van der Waals surface area contributed by atoms with Crippen LogP contribution in [0.1, 0.15) is 27.3 Å². The molecule has 0 atom stereocenters. The van der Waals surface area contributed by atoms with Crippen molar-refractivity contribution in [3.63, 3.8) is 0 Å². The van der Waals surface area contributed by atoms with Crippen LogP contribution >= 0.6 is 0 Å². The Morgan fingerprint density at radius 3 is 2.79 bits per heavy atom. The molecule has 0 unspecified atom stereocenters. The van der Waals surface area contributed by atoms with Crippen LogP contribution < -0.4 is 10.6 Å². The van der Waals surface area contributed by atoms with Crippen molar-refractivity contribution >= 4 is 11.6 Å². The molecule has 2 rings (SSSR count). The van der Waals surface area contributed by atoms with Crippen molar-refractivity contribution in [2.75, 3.05) is 12.4 Å². The van der Waals surface area contributed by atoms with Gasteiger partial charge in [-0.25, -0.2) is 4.98 Å². The van der Waals surface area contributed by atoms with Crippen LogP contribution in [0, 0.1) is 13.8 Å². The van der Waals surface area contributed by atoms with Crippen molar-refractivity contribution < 1.29 is 4.79 Å². The van der Waals surface area contributed by atoms with Gasteiger partial charge in [0.15, 0.2) is 0 Å². The van der Waals surface area contributed by atoms with E-state index in [-0.39, 0.29) is 5.91 Å². The first-order valence-corrected chi connectivity index (χ1v) is 6.18. The molecule has 19 heavy (non-hydrogen) atoms. The summed E-state index contributed by atoms with van der Waals surface area (Å²) in [4.78, 5) is 19.0. The molecule has 0 saturated heterocycles. The van der Waals surface area contributed by atoms with Crippen molar-refractivity contribution in [1.82, 2.24) is 15.3 Å². The topological polar surface area (TPSA) is 69.8 Å². The number of rotatable bonds is 4. The fourth-order valence-corrected chi connectivity index (χ4v) is 1.95. The number of amides is 1. The summed E-state index contributed by atoms with van der Waals surface area (Å²) in [5.74, 6) is -0.0721. The van der Waals surface area contributed by atoms with Gasteiger partial charge < -0.3 is 15.6 Å². The van der Waals surface area contributed by atoms with E-state index in [1.807, 2.05) is 32.0 Å². The summed E-state index contributed by atoms with van der Waals surface area (Å²) >= 11 is 0. The van der Waals surface area contributed by atoms with E-state index in [9.17, 15) is 4.79 Å². The summed E-state index contributed by atoms with van der Waals surface area (Å²) in [6.07, 6.45) is 1.68. The van der Waals surface area contributed by atoms with Gasteiger partial charge in [0.2, 0.25) is 0 Å². The predicted molar refractivity (Wildman–Crippen MR) is 75.2 cm³/mol. The highest BCUT2D eigenvalue weighted by Gasteiger charge is 2.10. The summed E-state index contributed by atoms with van der Waals surface area (Å²) in [6, 6.07) is 5.65. The van der Waals surface area contributed by atoms with Crippen LogP contribution in [0.25, 0.3) is 0 Å². The lowest BCUT2D eigenvalue weighted by atomic mass is 10.1. The lowest BCUT2D eigenvalue weighted by Gasteiger charge is -2.12. The first-order chi connectivity index (χ1) is 9.13. The average Bonchev–Trinajstić information content (AvgIpc) is 2.82. The lowest BCUT2D eigenvalue weighted by molar-refractivity contribution is 0.0962. The smallest absolute Gasteiger partial charge is 0.251 e. The minimum atomic E-state index is -0.0721. The maximum atomic E-state index is 11.7. The molecule has 3 N–H and O–H groups in total. The van der Waals surface area contributed by atoms with E-state index < -0.39 is 0 Å². The van der Waals surface area contributed by atoms with Gasteiger partial charge in [-0.1, -0.05) is 6.07 Å². The van der Waals surface area contributed by atoms with Crippen molar-refractivity contribution in [3.8, 4) is 0 Å². The SMILES string of the molecule is CNC(=O)c1cccc(NCc2nc[nH]c2C)c1C. The fraction of sp³-hybridized carbons (Fsp3) is 0.286. The zero-order valence-electron chi connectivity index (χ0n) is 11.4. The van der Waals surface area contributed by atoms with Crippen molar-refractivity contribution in [2.24, 2.45) is 0 Å². The highest BCUT2D eigenvalue weighted by Crippen LogP contribution is 2.19. The molecule has 0 aliphatic carbocycles. The summed E-state index contributed by atoms with van der Waals surface area (Å²) < 4.78 is 0. The maximum absolute atomic E-state index is 11.7. The summed E-state index contributed by atoms with van der Waals surface area (Å²) in [5, 5.41) is 5.96. The molecule has 0 fully saturated rings. The van der Waals surface area contributed by atoms with Gasteiger partial charge in [0.1, 0.15) is 0 Å². The number of carbonyl (C=O) groups excluding carboxylic acids is 1. The Morgan fingerprint density at radius 1 is 1.37 bits per heavy atom. The van der Waals surface area contributed by atoms with Gasteiger partial charge in [-0.05, 0) is 31.5 Å². The van der Waals surface area contributed by atoms with Gasteiger partial charge in [-0.2, -0.15) is 0 Å². The molecule has 1 aromatic heterocycles. The molecule has 1 aromatic carbocycles. The molecule has 2 aromatic rings. The van der Waals surface area contributed by atoms with Crippen LogP contribution in [0.4, 0.5) is 5.69 Å². The standard InChI is InChI=1S/C14H18N4O/c1-9-11(14(19)15-3)5-4-6-12(9)16-7-13-10(2)17-8-18-13/h4-6,8,16H,7H2,1-3H3,(H,15,19)(H,17,18). The number of imidazole rings is 1. The van der Waals surface area contributed by atoms with E-state index in [0.717, 1.165) is 22.6 Å². The Hall–Kier alpha value is -2.30. The molecule has 1 amide bonds. The van der Waals surface area contributed by atoms with Gasteiger partial charge in [0, 0.05) is 24.0 Å². The van der Waals surface area contributed by atoms with E-state index in [4.69, 9.17) is 0 Å². The number of nitrogens with zero attached hydrogens (tertiary/aromatic N) is 1. The van der Waals surface area contributed by atoms with Gasteiger partial charge in [-0.15, -0.1) is 0 Å². The summed E-state index contributed by atoms with van der Waals surface area (Å²) in [5.41, 5.74) is 4.60. The minimum absolute atomic E-state index is 0.0721. The number of aromatic amines is 1. The molecule has 0 spiro atoms. The van der Waals surface area contributed by atoms with Crippen LogP contribution in [-0.2, 0) is 6.54 Å². The predicted octanol–water partition coefficient (Wildman–Crippen LogP) is 2.00. The molecule has 1 heterocycles. The third kappa shape index (κ3) is 2.76. The monoisotopic (exact) mass is 258 g/mol. The van der Waals surface area contributed by atoms with Crippen LogP contribution in [-0.4, -0.2) is 22.9 Å². The minimum Gasteiger partial charge on any atom is -0.379 e. The molecule has 0 radical (unpaired) electrons. The number of aryl methyl sites for hydroxylation is 1. The molecular weight excluding hydrogens is 240 g/mol. The molecule has 100 valence electrons. The molecule has 5 nitrogen and oxygen atoms in total. The first kappa shape index (κ1) is 13.1. The van der Waals surface area contributed by atoms with E-state index in [2.05, 4.69) is 20.6 Å². The Kier molecular flexibility index (Phi) is 3.85. The van der Waals surface area contributed by atoms with Crippen molar-refractivity contribution in [3.05, 3.63) is 47.0 Å². The van der Waals surface area contributed by atoms with Crippen molar-refractivity contribution in [2.45, 2.75) is 20.4 Å². The zero-order chi connectivity index (χ0) is 13.8. The number of benzene rings is 1. The molecule has 0 aliphatic heterocycles. The number of carbonyl (C=O) groups is 1. The van der Waals surface area contributed by atoms with Gasteiger partial charge in [0.25, 0.3) is 5.91 Å².